The Bertz CT molecular complexity index is 778. The predicted octanol–water partition coefficient (Wildman–Crippen LogP) is 2.66. The highest BCUT2D eigenvalue weighted by atomic mass is 16.4. The van der Waals surface area contributed by atoms with Gasteiger partial charge in [0.25, 0.3) is 0 Å². The van der Waals surface area contributed by atoms with Crippen molar-refractivity contribution in [2.24, 2.45) is 0 Å². The number of aromatic carboxylic acids is 1. The number of hydrogen-bond acceptors (Lipinski definition) is 3. The Kier molecular flexibility index (Phi) is 2.95. The zero-order valence-corrected chi connectivity index (χ0v) is 10.9. The Hall–Kier alpha value is -2.69. The highest BCUT2D eigenvalue weighted by Crippen LogP contribution is 2.20. The summed E-state index contributed by atoms with van der Waals surface area (Å²) in [5.41, 5.74) is 3.24. The average molecular weight is 267 g/mol. The van der Waals surface area contributed by atoms with Crippen LogP contribution < -0.4 is 0 Å². The minimum absolute atomic E-state index is 0.116. The maximum absolute atomic E-state index is 11.2. The van der Waals surface area contributed by atoms with Gasteiger partial charge in [-0.15, -0.1) is 0 Å². The molecule has 3 aromatic rings. The van der Waals surface area contributed by atoms with E-state index < -0.39 is 5.97 Å². The van der Waals surface area contributed by atoms with Crippen molar-refractivity contribution in [2.75, 3.05) is 0 Å². The van der Waals surface area contributed by atoms with E-state index in [2.05, 4.69) is 9.97 Å². The van der Waals surface area contributed by atoms with Gasteiger partial charge in [-0.25, -0.2) is 9.78 Å². The second-order valence-corrected chi connectivity index (χ2v) is 4.43. The molecule has 0 spiro atoms. The lowest BCUT2D eigenvalue weighted by molar-refractivity contribution is 0.0690. The van der Waals surface area contributed by atoms with Gasteiger partial charge < -0.3 is 9.51 Å². The van der Waals surface area contributed by atoms with Crippen LogP contribution in [0.4, 0.5) is 0 Å². The molecule has 0 aliphatic rings. The van der Waals surface area contributed by atoms with Gasteiger partial charge in [-0.1, -0.05) is 13.0 Å². The van der Waals surface area contributed by atoms with Crippen LogP contribution in [0.1, 0.15) is 23.1 Å². The zero-order valence-electron chi connectivity index (χ0n) is 10.9. The first-order valence-corrected chi connectivity index (χ1v) is 6.36. The number of pyridine rings is 2. The van der Waals surface area contributed by atoms with Crippen LogP contribution in [0.25, 0.3) is 16.9 Å². The monoisotopic (exact) mass is 267 g/mol. The van der Waals surface area contributed by atoms with E-state index in [0.29, 0.717) is 17.8 Å². The molecule has 100 valence electrons. The van der Waals surface area contributed by atoms with Crippen molar-refractivity contribution in [1.29, 1.82) is 0 Å². The molecule has 0 amide bonds. The largest absolute Gasteiger partial charge is 0.476 e. The Balaban J connectivity index is 2.23. The van der Waals surface area contributed by atoms with Crippen LogP contribution in [-0.2, 0) is 6.42 Å². The SMILES string of the molecule is CCc1c(C(=O)O)nc2ccc(-c3ccccn3)cn12. The quantitative estimate of drug-likeness (QED) is 0.792. The minimum atomic E-state index is -0.995. The van der Waals surface area contributed by atoms with Crippen molar-refractivity contribution >= 4 is 11.6 Å². The lowest BCUT2D eigenvalue weighted by atomic mass is 10.2. The second-order valence-electron chi connectivity index (χ2n) is 4.43. The molecule has 3 aromatic heterocycles. The van der Waals surface area contributed by atoms with Crippen LogP contribution in [-0.4, -0.2) is 25.4 Å². The van der Waals surface area contributed by atoms with Gasteiger partial charge in [0.2, 0.25) is 0 Å². The summed E-state index contributed by atoms with van der Waals surface area (Å²) < 4.78 is 1.83. The smallest absolute Gasteiger partial charge is 0.356 e. The summed E-state index contributed by atoms with van der Waals surface area (Å²) in [6.07, 6.45) is 4.22. The van der Waals surface area contributed by atoms with E-state index in [9.17, 15) is 9.90 Å². The Morgan fingerprint density at radius 3 is 2.80 bits per heavy atom. The average Bonchev–Trinajstić information content (AvgIpc) is 2.86. The molecular weight excluding hydrogens is 254 g/mol. The first kappa shape index (κ1) is 12.3. The number of hydrogen-bond donors (Lipinski definition) is 1. The molecule has 0 aliphatic heterocycles. The number of carbonyl (C=O) groups is 1. The summed E-state index contributed by atoms with van der Waals surface area (Å²) in [7, 11) is 0. The van der Waals surface area contributed by atoms with Crippen LogP contribution in [0.15, 0.2) is 42.7 Å². The van der Waals surface area contributed by atoms with Gasteiger partial charge in [0, 0.05) is 18.0 Å². The maximum atomic E-state index is 11.2. The second kappa shape index (κ2) is 4.77. The standard InChI is InChI=1S/C15H13N3O2/c1-2-12-14(15(19)20)17-13-7-6-10(9-18(12)13)11-5-3-4-8-16-11/h3-9H,2H2,1H3,(H,19,20). The molecule has 20 heavy (non-hydrogen) atoms. The van der Waals surface area contributed by atoms with Crippen molar-refractivity contribution in [3.63, 3.8) is 0 Å². The molecule has 0 fully saturated rings. The molecule has 0 saturated heterocycles. The molecular formula is C15H13N3O2. The van der Waals surface area contributed by atoms with Gasteiger partial charge in [-0.2, -0.15) is 0 Å². The van der Waals surface area contributed by atoms with Gasteiger partial charge in [0.15, 0.2) is 5.69 Å². The number of nitrogens with zero attached hydrogens (tertiary/aromatic N) is 3. The third-order valence-electron chi connectivity index (χ3n) is 3.22. The van der Waals surface area contributed by atoms with Gasteiger partial charge in [0.05, 0.1) is 11.4 Å². The van der Waals surface area contributed by atoms with Crippen molar-refractivity contribution in [3.8, 4) is 11.3 Å². The van der Waals surface area contributed by atoms with Crippen LogP contribution in [0.5, 0.6) is 0 Å². The van der Waals surface area contributed by atoms with Crippen LogP contribution in [0.2, 0.25) is 0 Å². The summed E-state index contributed by atoms with van der Waals surface area (Å²) in [5.74, 6) is -0.995. The Morgan fingerprint density at radius 2 is 2.15 bits per heavy atom. The molecule has 0 atom stereocenters. The molecule has 0 bridgehead atoms. The number of aryl methyl sites for hydroxylation is 1. The van der Waals surface area contributed by atoms with Crippen molar-refractivity contribution in [2.45, 2.75) is 13.3 Å². The van der Waals surface area contributed by atoms with E-state index in [1.165, 1.54) is 0 Å². The molecule has 0 saturated carbocycles. The van der Waals surface area contributed by atoms with Gasteiger partial charge in [-0.05, 0) is 30.7 Å². The van der Waals surface area contributed by atoms with Crippen LogP contribution in [0.3, 0.4) is 0 Å². The van der Waals surface area contributed by atoms with Gasteiger partial charge in [-0.3, -0.25) is 4.98 Å². The molecule has 5 nitrogen and oxygen atoms in total. The number of aromatic nitrogens is 3. The highest BCUT2D eigenvalue weighted by Gasteiger charge is 2.16. The van der Waals surface area contributed by atoms with Crippen LogP contribution in [0, 0.1) is 0 Å². The summed E-state index contributed by atoms with van der Waals surface area (Å²) in [5, 5.41) is 9.20. The van der Waals surface area contributed by atoms with Crippen LogP contribution >= 0.6 is 0 Å². The van der Waals surface area contributed by atoms with Crippen molar-refractivity contribution in [1.82, 2.24) is 14.4 Å². The molecule has 0 aliphatic carbocycles. The highest BCUT2D eigenvalue weighted by molar-refractivity contribution is 5.88. The first-order chi connectivity index (χ1) is 9.70. The summed E-state index contributed by atoms with van der Waals surface area (Å²) in [6.45, 7) is 1.92. The van der Waals surface area contributed by atoms with E-state index in [1.807, 2.05) is 47.9 Å². The van der Waals surface area contributed by atoms with E-state index in [1.54, 1.807) is 6.20 Å². The fraction of sp³-hybridized carbons (Fsp3) is 0.133. The van der Waals surface area contributed by atoms with Gasteiger partial charge >= 0.3 is 5.97 Å². The summed E-state index contributed by atoms with van der Waals surface area (Å²) in [4.78, 5) is 19.7. The Morgan fingerprint density at radius 1 is 1.30 bits per heavy atom. The third-order valence-corrected chi connectivity index (χ3v) is 3.22. The normalized spacial score (nSPS) is 10.8. The lowest BCUT2D eigenvalue weighted by Gasteiger charge is -2.04. The number of imidazole rings is 1. The molecule has 0 unspecified atom stereocenters. The maximum Gasteiger partial charge on any atom is 0.356 e. The fourth-order valence-electron chi connectivity index (χ4n) is 2.29. The topological polar surface area (TPSA) is 67.5 Å². The molecule has 0 aromatic carbocycles. The first-order valence-electron chi connectivity index (χ1n) is 6.36. The minimum Gasteiger partial charge on any atom is -0.476 e. The molecule has 3 heterocycles. The fourth-order valence-corrected chi connectivity index (χ4v) is 2.29. The van der Waals surface area contributed by atoms with Crippen molar-refractivity contribution < 1.29 is 9.90 Å². The van der Waals surface area contributed by atoms with E-state index in [0.717, 1.165) is 11.3 Å². The molecule has 0 radical (unpaired) electrons. The lowest BCUT2D eigenvalue weighted by Crippen LogP contribution is -2.02. The van der Waals surface area contributed by atoms with E-state index in [4.69, 9.17) is 0 Å². The summed E-state index contributed by atoms with van der Waals surface area (Å²) in [6, 6.07) is 9.41. The van der Waals surface area contributed by atoms with E-state index in [-0.39, 0.29) is 5.69 Å². The molecule has 5 heteroatoms. The molecule has 1 N–H and O–H groups in total. The number of carboxylic acids is 1. The number of carboxylic acid groups (broad SMARTS) is 1. The number of fused-ring (bicyclic) bond motifs is 1. The molecule has 3 rings (SSSR count). The predicted molar refractivity (Wildman–Crippen MR) is 74.8 cm³/mol. The Labute approximate surface area is 115 Å². The van der Waals surface area contributed by atoms with Gasteiger partial charge in [0.1, 0.15) is 5.65 Å². The van der Waals surface area contributed by atoms with E-state index >= 15 is 0 Å². The third kappa shape index (κ3) is 1.93. The zero-order chi connectivity index (χ0) is 14.1. The summed E-state index contributed by atoms with van der Waals surface area (Å²) >= 11 is 0. The van der Waals surface area contributed by atoms with Crippen molar-refractivity contribution in [3.05, 3.63) is 54.1 Å². The number of rotatable bonds is 3.